The first kappa shape index (κ1) is 22.1. The molecular formula is C21H26F3N7O. The highest BCUT2D eigenvalue weighted by molar-refractivity contribution is 6.03. The van der Waals surface area contributed by atoms with Crippen LogP contribution in [-0.2, 0) is 11.0 Å². The Balaban J connectivity index is 1.37. The number of hydrogen-bond acceptors (Lipinski definition) is 7. The molecule has 0 aromatic carbocycles. The zero-order chi connectivity index (χ0) is 23.2. The minimum absolute atomic E-state index is 0.0628. The summed E-state index contributed by atoms with van der Waals surface area (Å²) in [6, 6.07) is 2.28. The molecule has 11 heteroatoms. The highest BCUT2D eigenvalue weighted by Gasteiger charge is 2.36. The summed E-state index contributed by atoms with van der Waals surface area (Å²) in [5.74, 6) is 1.65. The molecule has 1 fully saturated rings. The average Bonchev–Trinajstić information content (AvgIpc) is 2.67. The van der Waals surface area contributed by atoms with Gasteiger partial charge in [0.1, 0.15) is 17.5 Å². The lowest BCUT2D eigenvalue weighted by molar-refractivity contribution is -0.137. The molecule has 1 unspecified atom stereocenters. The van der Waals surface area contributed by atoms with Crippen LogP contribution >= 0.6 is 0 Å². The number of alkyl halides is 3. The molecule has 1 aliphatic heterocycles. The molecule has 2 aliphatic rings. The molecule has 0 bridgehead atoms. The minimum atomic E-state index is -4.39. The summed E-state index contributed by atoms with van der Waals surface area (Å²) in [6.07, 6.45) is -2.05. The maximum absolute atomic E-state index is 12.7. The lowest BCUT2D eigenvalue weighted by atomic mass is 9.87. The SMILES string of the molecule is Cc1nc(NC2CC(Nc3ccc(C(F)(F)F)cn3)C2)nc2c1NC(=O)C(C(C)C)N2C. The van der Waals surface area contributed by atoms with E-state index < -0.39 is 11.7 Å². The van der Waals surface area contributed by atoms with E-state index in [9.17, 15) is 18.0 Å². The number of hydrogen-bond donors (Lipinski definition) is 3. The normalized spacial score (nSPS) is 22.8. The third-order valence-corrected chi connectivity index (χ3v) is 5.88. The van der Waals surface area contributed by atoms with Crippen LogP contribution in [0.25, 0.3) is 0 Å². The van der Waals surface area contributed by atoms with E-state index >= 15 is 0 Å². The lowest BCUT2D eigenvalue weighted by Crippen LogP contribution is -2.50. The number of aromatic nitrogens is 3. The number of likely N-dealkylation sites (N-methyl/N-ethyl adjacent to an activating group) is 1. The highest BCUT2D eigenvalue weighted by Crippen LogP contribution is 2.35. The van der Waals surface area contributed by atoms with Gasteiger partial charge in [0, 0.05) is 25.3 Å². The van der Waals surface area contributed by atoms with Crippen LogP contribution in [-0.4, -0.2) is 46.0 Å². The van der Waals surface area contributed by atoms with Crippen molar-refractivity contribution in [2.24, 2.45) is 5.92 Å². The Labute approximate surface area is 184 Å². The van der Waals surface area contributed by atoms with Crippen molar-refractivity contribution in [3.8, 4) is 0 Å². The van der Waals surface area contributed by atoms with Crippen molar-refractivity contribution in [1.29, 1.82) is 0 Å². The topological polar surface area (TPSA) is 95.1 Å². The van der Waals surface area contributed by atoms with Crippen molar-refractivity contribution < 1.29 is 18.0 Å². The summed E-state index contributed by atoms with van der Waals surface area (Å²) < 4.78 is 38.0. The van der Waals surface area contributed by atoms with Crippen molar-refractivity contribution in [2.45, 2.75) is 57.9 Å². The Hall–Kier alpha value is -3.11. The van der Waals surface area contributed by atoms with E-state index in [2.05, 4.69) is 30.9 Å². The van der Waals surface area contributed by atoms with Crippen LogP contribution in [0.3, 0.4) is 0 Å². The van der Waals surface area contributed by atoms with E-state index in [1.165, 1.54) is 6.07 Å². The number of nitrogens with zero attached hydrogens (tertiary/aromatic N) is 4. The number of halogens is 3. The van der Waals surface area contributed by atoms with E-state index in [-0.39, 0.29) is 30.0 Å². The van der Waals surface area contributed by atoms with E-state index in [1.54, 1.807) is 0 Å². The van der Waals surface area contributed by atoms with Crippen molar-refractivity contribution in [3.63, 3.8) is 0 Å². The lowest BCUT2D eigenvalue weighted by Gasteiger charge is -2.38. The molecule has 3 heterocycles. The fraction of sp³-hybridized carbons (Fsp3) is 0.524. The molecule has 0 radical (unpaired) electrons. The molecule has 32 heavy (non-hydrogen) atoms. The molecule has 4 rings (SSSR count). The first-order valence-corrected chi connectivity index (χ1v) is 10.5. The monoisotopic (exact) mass is 449 g/mol. The fourth-order valence-corrected chi connectivity index (χ4v) is 4.17. The number of carbonyl (C=O) groups excluding carboxylic acids is 1. The van der Waals surface area contributed by atoms with Gasteiger partial charge in [-0.05, 0) is 37.8 Å². The predicted octanol–water partition coefficient (Wildman–Crippen LogP) is 3.67. The van der Waals surface area contributed by atoms with Crippen LogP contribution in [0.4, 0.5) is 36.4 Å². The third kappa shape index (κ3) is 4.28. The predicted molar refractivity (Wildman–Crippen MR) is 116 cm³/mol. The zero-order valence-corrected chi connectivity index (χ0v) is 18.3. The van der Waals surface area contributed by atoms with Crippen LogP contribution in [0.2, 0.25) is 0 Å². The molecule has 0 spiro atoms. The van der Waals surface area contributed by atoms with Crippen LogP contribution in [0, 0.1) is 12.8 Å². The quantitative estimate of drug-likeness (QED) is 0.641. The molecule has 1 saturated carbocycles. The van der Waals surface area contributed by atoms with Crippen LogP contribution in [0.15, 0.2) is 18.3 Å². The van der Waals surface area contributed by atoms with E-state index in [0.717, 1.165) is 25.1 Å². The smallest absolute Gasteiger partial charge is 0.367 e. The Morgan fingerprint density at radius 3 is 2.44 bits per heavy atom. The largest absolute Gasteiger partial charge is 0.417 e. The molecule has 8 nitrogen and oxygen atoms in total. The van der Waals surface area contributed by atoms with Crippen LogP contribution in [0.5, 0.6) is 0 Å². The number of anilines is 4. The number of nitrogens with one attached hydrogen (secondary N) is 3. The maximum Gasteiger partial charge on any atom is 0.417 e. The van der Waals surface area contributed by atoms with Crippen molar-refractivity contribution in [3.05, 3.63) is 29.6 Å². The number of aryl methyl sites for hydroxylation is 1. The third-order valence-electron chi connectivity index (χ3n) is 5.88. The van der Waals surface area contributed by atoms with Gasteiger partial charge in [0.2, 0.25) is 11.9 Å². The van der Waals surface area contributed by atoms with Gasteiger partial charge in [0.05, 0.1) is 11.3 Å². The minimum Gasteiger partial charge on any atom is -0.367 e. The summed E-state index contributed by atoms with van der Waals surface area (Å²) in [6.45, 7) is 5.81. The molecule has 3 N–H and O–H groups in total. The Kier molecular flexibility index (Phi) is 5.59. The molecule has 2 aromatic heterocycles. The first-order chi connectivity index (χ1) is 15.0. The van der Waals surface area contributed by atoms with Gasteiger partial charge in [0.25, 0.3) is 0 Å². The molecule has 1 amide bonds. The Morgan fingerprint density at radius 2 is 1.84 bits per heavy atom. The second-order valence-electron chi connectivity index (χ2n) is 8.70. The summed E-state index contributed by atoms with van der Waals surface area (Å²) in [5.41, 5.74) is 0.543. The van der Waals surface area contributed by atoms with Crippen molar-refractivity contribution in [2.75, 3.05) is 27.9 Å². The van der Waals surface area contributed by atoms with E-state index in [0.29, 0.717) is 29.0 Å². The van der Waals surface area contributed by atoms with Gasteiger partial charge in [-0.1, -0.05) is 13.8 Å². The van der Waals surface area contributed by atoms with Gasteiger partial charge in [-0.15, -0.1) is 0 Å². The van der Waals surface area contributed by atoms with Crippen LogP contribution in [0.1, 0.15) is 37.9 Å². The summed E-state index contributed by atoms with van der Waals surface area (Å²) in [4.78, 5) is 27.3. The standard InChI is InChI=1S/C21H26F3N7O/c1-10(2)17-19(32)29-16-11(3)26-20(30-18(16)31(17)4)28-14-7-13(8-14)27-15-6-5-12(9-25-15)21(22,23)24/h5-6,9-10,13-14,17H,7-8H2,1-4H3,(H,25,27)(H,29,32)(H,26,28,30). The Bertz CT molecular complexity index is 1000. The molecule has 2 aromatic rings. The average molecular weight is 449 g/mol. The Morgan fingerprint density at radius 1 is 1.16 bits per heavy atom. The molecule has 1 atom stereocenters. The zero-order valence-electron chi connectivity index (χ0n) is 18.3. The van der Waals surface area contributed by atoms with Gasteiger partial charge in [-0.25, -0.2) is 9.97 Å². The van der Waals surface area contributed by atoms with Gasteiger partial charge < -0.3 is 20.9 Å². The summed E-state index contributed by atoms with van der Waals surface area (Å²) >= 11 is 0. The van der Waals surface area contributed by atoms with Gasteiger partial charge in [-0.3, -0.25) is 4.79 Å². The highest BCUT2D eigenvalue weighted by atomic mass is 19.4. The number of carbonyl (C=O) groups is 1. The first-order valence-electron chi connectivity index (χ1n) is 10.5. The second kappa shape index (κ2) is 8.10. The summed E-state index contributed by atoms with van der Waals surface area (Å²) in [5, 5.41) is 9.39. The van der Waals surface area contributed by atoms with E-state index in [4.69, 9.17) is 0 Å². The van der Waals surface area contributed by atoms with Crippen LogP contribution < -0.4 is 20.9 Å². The maximum atomic E-state index is 12.7. The van der Waals surface area contributed by atoms with Crippen molar-refractivity contribution >= 4 is 29.2 Å². The van der Waals surface area contributed by atoms with Crippen molar-refractivity contribution in [1.82, 2.24) is 15.0 Å². The number of fused-ring (bicyclic) bond motifs is 1. The molecular weight excluding hydrogens is 423 g/mol. The second-order valence-corrected chi connectivity index (χ2v) is 8.70. The number of amides is 1. The number of pyridine rings is 1. The molecule has 0 saturated heterocycles. The molecule has 1 aliphatic carbocycles. The van der Waals surface area contributed by atoms with E-state index in [1.807, 2.05) is 32.7 Å². The number of rotatable bonds is 5. The molecule has 172 valence electrons. The van der Waals surface area contributed by atoms with Gasteiger partial charge in [0.15, 0.2) is 5.82 Å². The fourth-order valence-electron chi connectivity index (χ4n) is 4.17. The van der Waals surface area contributed by atoms with Gasteiger partial charge in [-0.2, -0.15) is 18.2 Å². The van der Waals surface area contributed by atoms with Gasteiger partial charge >= 0.3 is 6.18 Å². The summed E-state index contributed by atoms with van der Waals surface area (Å²) in [7, 11) is 1.86.